The van der Waals surface area contributed by atoms with Crippen molar-refractivity contribution in [3.8, 4) is 5.75 Å². The van der Waals surface area contributed by atoms with E-state index in [4.69, 9.17) is 3.53 Å². The molecule has 0 amide bonds. The molecule has 0 aliphatic rings. The summed E-state index contributed by atoms with van der Waals surface area (Å²) in [5.74, 6) is 0.977. The molecular formula is C11H11GaNO. The molecular weight excluding hydrogens is 232 g/mol. The van der Waals surface area contributed by atoms with Crippen LogP contribution in [0.2, 0.25) is 5.48 Å². The Balaban J connectivity index is 2.69. The quantitative estimate of drug-likeness (QED) is 0.756. The van der Waals surface area contributed by atoms with Crippen molar-refractivity contribution in [2.45, 2.75) is 12.4 Å². The number of rotatable bonds is 2. The second kappa shape index (κ2) is 4.06. The number of nitrogens with zero attached hydrogens (tertiary/aromatic N) is 1. The Bertz CT molecular complexity index is 456. The van der Waals surface area contributed by atoms with E-state index in [1.165, 1.54) is 5.56 Å². The maximum atomic E-state index is 5.74. The van der Waals surface area contributed by atoms with Gasteiger partial charge in [0.15, 0.2) is 0 Å². The van der Waals surface area contributed by atoms with Crippen LogP contribution in [-0.4, -0.2) is 22.8 Å². The zero-order valence-electron chi connectivity index (χ0n) is 8.32. The Labute approximate surface area is 91.5 Å². The first kappa shape index (κ1) is 9.61. The van der Waals surface area contributed by atoms with Gasteiger partial charge in [-0.1, -0.05) is 0 Å². The van der Waals surface area contributed by atoms with Crippen LogP contribution in [0.4, 0.5) is 0 Å². The van der Waals surface area contributed by atoms with Crippen molar-refractivity contribution in [2.75, 3.05) is 0 Å². The molecule has 1 aromatic carbocycles. The number of hydrogen-bond acceptors (Lipinski definition) is 2. The van der Waals surface area contributed by atoms with Crippen LogP contribution in [0.5, 0.6) is 5.75 Å². The van der Waals surface area contributed by atoms with Gasteiger partial charge in [0.25, 0.3) is 0 Å². The first-order valence-corrected chi connectivity index (χ1v) is 8.03. The van der Waals surface area contributed by atoms with Gasteiger partial charge in [0.1, 0.15) is 0 Å². The Morgan fingerprint density at radius 2 is 2.14 bits per heavy atom. The third-order valence-electron chi connectivity index (χ3n) is 2.16. The van der Waals surface area contributed by atoms with Crippen LogP contribution in [0.25, 0.3) is 10.9 Å². The molecule has 2 aromatic rings. The number of pyridine rings is 1. The number of aryl methyl sites for hydroxylation is 1. The Morgan fingerprint density at radius 1 is 1.29 bits per heavy atom. The van der Waals surface area contributed by atoms with E-state index in [0.29, 0.717) is 0 Å². The van der Waals surface area contributed by atoms with E-state index in [2.05, 4.69) is 35.6 Å². The van der Waals surface area contributed by atoms with E-state index >= 15 is 0 Å². The van der Waals surface area contributed by atoms with Crippen LogP contribution in [0.3, 0.4) is 0 Å². The molecule has 0 fully saturated rings. The second-order valence-corrected chi connectivity index (χ2v) is 4.62. The van der Waals surface area contributed by atoms with Crippen molar-refractivity contribution in [1.82, 2.24) is 4.98 Å². The standard InChI is InChI=1S/C10H9NO.CH3.Ga/c1-7-4-5-8-3-2-6-11-9(8)10(7)12;;/h2-6,12H,1H3;1H3;/q;;+1/p-1. The van der Waals surface area contributed by atoms with Gasteiger partial charge < -0.3 is 0 Å². The summed E-state index contributed by atoms with van der Waals surface area (Å²) < 4.78 is 5.74. The molecule has 0 unspecified atom stereocenters. The van der Waals surface area contributed by atoms with Crippen LogP contribution in [0, 0.1) is 6.92 Å². The van der Waals surface area contributed by atoms with Crippen molar-refractivity contribution < 1.29 is 3.53 Å². The normalized spacial score (nSPS) is 10.1. The van der Waals surface area contributed by atoms with Crippen molar-refractivity contribution in [2.24, 2.45) is 0 Å². The van der Waals surface area contributed by atoms with Gasteiger partial charge in [-0.25, -0.2) is 0 Å². The Morgan fingerprint density at radius 3 is 2.93 bits per heavy atom. The molecule has 0 spiro atoms. The predicted octanol–water partition coefficient (Wildman–Crippen LogP) is 2.59. The summed E-state index contributed by atoms with van der Waals surface area (Å²) >= 11 is -0.573. The van der Waals surface area contributed by atoms with Gasteiger partial charge in [-0.15, -0.1) is 0 Å². The molecule has 0 saturated heterocycles. The summed E-state index contributed by atoms with van der Waals surface area (Å²) in [5, 5.41) is 1.15. The zero-order chi connectivity index (χ0) is 9.97. The van der Waals surface area contributed by atoms with Crippen LogP contribution < -0.4 is 3.53 Å². The average Bonchev–Trinajstić information content (AvgIpc) is 2.23. The molecule has 1 aromatic heterocycles. The first-order valence-electron chi connectivity index (χ1n) is 4.62. The van der Waals surface area contributed by atoms with Gasteiger partial charge in [-0.05, 0) is 0 Å². The minimum absolute atomic E-state index is 0.573. The van der Waals surface area contributed by atoms with Crippen LogP contribution in [0.15, 0.2) is 30.5 Å². The minimum atomic E-state index is -0.573. The third kappa shape index (κ3) is 1.65. The monoisotopic (exact) mass is 242 g/mol. The first-order chi connectivity index (χ1) is 6.83. The summed E-state index contributed by atoms with van der Waals surface area (Å²) in [6, 6.07) is 8.19. The second-order valence-electron chi connectivity index (χ2n) is 3.14. The molecule has 1 radical (unpaired) electrons. The van der Waals surface area contributed by atoms with Gasteiger partial charge >= 0.3 is 91.4 Å². The van der Waals surface area contributed by atoms with Crippen LogP contribution in [0.1, 0.15) is 5.56 Å². The van der Waals surface area contributed by atoms with Crippen LogP contribution in [-0.2, 0) is 0 Å². The number of fused-ring (bicyclic) bond motifs is 1. The number of benzene rings is 1. The van der Waals surface area contributed by atoms with E-state index < -0.39 is 17.8 Å². The molecule has 69 valence electrons. The van der Waals surface area contributed by atoms with Crippen LogP contribution >= 0.6 is 0 Å². The van der Waals surface area contributed by atoms with Gasteiger partial charge in [-0.3, -0.25) is 0 Å². The molecule has 0 bridgehead atoms. The zero-order valence-corrected chi connectivity index (χ0v) is 10.7. The summed E-state index contributed by atoms with van der Waals surface area (Å²) in [7, 11) is 0. The molecule has 0 saturated carbocycles. The van der Waals surface area contributed by atoms with Gasteiger partial charge in [-0.2, -0.15) is 0 Å². The molecule has 2 nitrogen and oxygen atoms in total. The molecule has 0 N–H and O–H groups in total. The fourth-order valence-electron chi connectivity index (χ4n) is 1.49. The molecule has 0 aliphatic carbocycles. The summed E-state index contributed by atoms with van der Waals surface area (Å²) in [6.45, 7) is 2.07. The summed E-state index contributed by atoms with van der Waals surface area (Å²) in [6.07, 6.45) is 1.81. The SMILES string of the molecule is [CH3][Ga][O]c1c(C)ccc2cccnc12. The van der Waals surface area contributed by atoms with E-state index in [9.17, 15) is 0 Å². The van der Waals surface area contributed by atoms with Gasteiger partial charge in [0, 0.05) is 0 Å². The third-order valence-corrected chi connectivity index (χ3v) is 3.15. The van der Waals surface area contributed by atoms with E-state index in [1.807, 2.05) is 12.3 Å². The van der Waals surface area contributed by atoms with Crippen molar-refractivity contribution >= 4 is 28.7 Å². The Hall–Kier alpha value is -0.934. The van der Waals surface area contributed by atoms with Crippen molar-refractivity contribution in [1.29, 1.82) is 0 Å². The molecule has 14 heavy (non-hydrogen) atoms. The van der Waals surface area contributed by atoms with Crippen molar-refractivity contribution in [3.05, 3.63) is 36.0 Å². The fourth-order valence-corrected chi connectivity index (χ4v) is 2.60. The molecule has 0 atom stereocenters. The van der Waals surface area contributed by atoms with E-state index in [1.54, 1.807) is 0 Å². The van der Waals surface area contributed by atoms with E-state index in [0.717, 1.165) is 16.7 Å². The molecule has 0 aliphatic heterocycles. The Kier molecular flexibility index (Phi) is 2.79. The topological polar surface area (TPSA) is 22.1 Å². The summed E-state index contributed by atoms with van der Waals surface area (Å²) in [5.41, 5.74) is 4.31. The average molecular weight is 243 g/mol. The van der Waals surface area contributed by atoms with E-state index in [-0.39, 0.29) is 0 Å². The van der Waals surface area contributed by atoms with Crippen molar-refractivity contribution in [3.63, 3.8) is 0 Å². The van der Waals surface area contributed by atoms with Gasteiger partial charge in [0.2, 0.25) is 0 Å². The maximum absolute atomic E-state index is 5.74. The molecule has 1 heterocycles. The molecule has 2 rings (SSSR count). The number of hydrogen-bond donors (Lipinski definition) is 0. The fraction of sp³-hybridized carbons (Fsp3) is 0.182. The molecule has 3 heteroatoms. The predicted molar refractivity (Wildman–Crippen MR) is 58.7 cm³/mol. The van der Waals surface area contributed by atoms with Gasteiger partial charge in [0.05, 0.1) is 0 Å². The summed E-state index contributed by atoms with van der Waals surface area (Å²) in [4.78, 5) is 4.36. The number of aromatic nitrogens is 1.